The lowest BCUT2D eigenvalue weighted by Gasteiger charge is -2.24. The Hall–Kier alpha value is -2.67. The van der Waals surface area contributed by atoms with E-state index in [1.807, 2.05) is 0 Å². The molecule has 0 bridgehead atoms. The van der Waals surface area contributed by atoms with Crippen LogP contribution in [0.1, 0.15) is 12.8 Å². The molecule has 0 spiro atoms. The summed E-state index contributed by atoms with van der Waals surface area (Å²) in [6, 6.07) is 8.64. The monoisotopic (exact) mass is 469 g/mol. The SMILES string of the molecule is COc1ccc(S(=O)(=O)N2CCCC2C(=O)Nc2ccc(S(N)(=O)=O)cc2)cc1OC. The lowest BCUT2D eigenvalue weighted by Crippen LogP contribution is -2.43. The van der Waals surface area contributed by atoms with Gasteiger partial charge in [0.1, 0.15) is 6.04 Å². The molecule has 0 radical (unpaired) electrons. The Balaban J connectivity index is 1.82. The van der Waals surface area contributed by atoms with Crippen molar-refractivity contribution in [3.8, 4) is 11.5 Å². The highest BCUT2D eigenvalue weighted by atomic mass is 32.2. The zero-order chi connectivity index (χ0) is 22.8. The van der Waals surface area contributed by atoms with Crippen LogP contribution in [-0.2, 0) is 24.8 Å². The average Bonchev–Trinajstić information content (AvgIpc) is 3.24. The summed E-state index contributed by atoms with van der Waals surface area (Å²) in [6.45, 7) is 0.194. The highest BCUT2D eigenvalue weighted by Crippen LogP contribution is 2.33. The van der Waals surface area contributed by atoms with Crippen molar-refractivity contribution < 1.29 is 31.1 Å². The number of hydrogen-bond donors (Lipinski definition) is 2. The normalized spacial score (nSPS) is 17.3. The maximum absolute atomic E-state index is 13.2. The van der Waals surface area contributed by atoms with Gasteiger partial charge in [0.05, 0.1) is 24.0 Å². The molecule has 3 N–H and O–H groups in total. The Labute approximate surface area is 181 Å². The lowest BCUT2D eigenvalue weighted by atomic mass is 10.2. The predicted octanol–water partition coefficient (Wildman–Crippen LogP) is 1.14. The van der Waals surface area contributed by atoms with Gasteiger partial charge in [-0.15, -0.1) is 0 Å². The van der Waals surface area contributed by atoms with E-state index in [1.165, 1.54) is 56.7 Å². The maximum Gasteiger partial charge on any atom is 0.243 e. The smallest absolute Gasteiger partial charge is 0.243 e. The molecule has 1 fully saturated rings. The number of primary sulfonamides is 1. The molecule has 2 aromatic carbocycles. The van der Waals surface area contributed by atoms with Gasteiger partial charge in [-0.2, -0.15) is 4.31 Å². The third kappa shape index (κ3) is 4.82. The van der Waals surface area contributed by atoms with E-state index in [4.69, 9.17) is 14.6 Å². The summed E-state index contributed by atoms with van der Waals surface area (Å²) in [7, 11) is -4.97. The molecule has 12 heteroatoms. The molecular formula is C19H23N3O7S2. The van der Waals surface area contributed by atoms with Crippen molar-refractivity contribution in [3.63, 3.8) is 0 Å². The number of rotatable bonds is 7. The van der Waals surface area contributed by atoms with Gasteiger partial charge in [0, 0.05) is 18.3 Å². The average molecular weight is 470 g/mol. The number of benzene rings is 2. The van der Waals surface area contributed by atoms with E-state index in [0.29, 0.717) is 24.3 Å². The van der Waals surface area contributed by atoms with E-state index < -0.39 is 32.0 Å². The summed E-state index contributed by atoms with van der Waals surface area (Å²) in [5, 5.41) is 7.69. The first-order chi connectivity index (χ1) is 14.6. The summed E-state index contributed by atoms with van der Waals surface area (Å²) >= 11 is 0. The minimum absolute atomic E-state index is 0.0117. The molecule has 10 nitrogen and oxygen atoms in total. The van der Waals surface area contributed by atoms with Crippen molar-refractivity contribution in [1.29, 1.82) is 0 Å². The highest BCUT2D eigenvalue weighted by Gasteiger charge is 2.39. The standard InChI is InChI=1S/C19H23N3O7S2/c1-28-17-10-9-15(12-18(17)29-2)31(26,27)22-11-3-4-16(22)19(23)21-13-5-7-14(8-6-13)30(20,24)25/h5-10,12,16H,3-4,11H2,1-2H3,(H,21,23)(H2,20,24,25). The maximum atomic E-state index is 13.2. The van der Waals surface area contributed by atoms with Crippen LogP contribution in [0.25, 0.3) is 0 Å². The van der Waals surface area contributed by atoms with Gasteiger partial charge in [0.2, 0.25) is 26.0 Å². The minimum Gasteiger partial charge on any atom is -0.493 e. The summed E-state index contributed by atoms with van der Waals surface area (Å²) in [5.74, 6) is 0.142. The second-order valence-electron chi connectivity index (χ2n) is 6.85. The van der Waals surface area contributed by atoms with E-state index >= 15 is 0 Å². The van der Waals surface area contributed by atoms with Crippen LogP contribution in [0.4, 0.5) is 5.69 Å². The fourth-order valence-electron chi connectivity index (χ4n) is 3.36. The van der Waals surface area contributed by atoms with Crippen LogP contribution < -0.4 is 19.9 Å². The first kappa shape index (κ1) is 23.0. The molecule has 3 rings (SSSR count). The van der Waals surface area contributed by atoms with E-state index in [-0.39, 0.29) is 22.1 Å². The number of nitrogens with one attached hydrogen (secondary N) is 1. The molecule has 1 heterocycles. The van der Waals surface area contributed by atoms with Gasteiger partial charge in [0.25, 0.3) is 0 Å². The quantitative estimate of drug-likeness (QED) is 0.618. The lowest BCUT2D eigenvalue weighted by molar-refractivity contribution is -0.119. The molecule has 1 aliphatic heterocycles. The fraction of sp³-hybridized carbons (Fsp3) is 0.316. The topological polar surface area (TPSA) is 145 Å². The van der Waals surface area contributed by atoms with Crippen LogP contribution in [0.5, 0.6) is 11.5 Å². The second kappa shape index (κ2) is 8.83. The van der Waals surface area contributed by atoms with Gasteiger partial charge in [-0.25, -0.2) is 22.0 Å². The number of carbonyl (C=O) groups is 1. The summed E-state index contributed by atoms with van der Waals surface area (Å²) < 4.78 is 60.6. The number of methoxy groups -OCH3 is 2. The Morgan fingerprint density at radius 3 is 2.19 bits per heavy atom. The molecular weight excluding hydrogens is 446 g/mol. The van der Waals surface area contributed by atoms with Gasteiger partial charge in [-0.1, -0.05) is 0 Å². The number of hydrogen-bond acceptors (Lipinski definition) is 7. The van der Waals surface area contributed by atoms with Crippen LogP contribution in [-0.4, -0.2) is 53.9 Å². The Morgan fingerprint density at radius 1 is 1.00 bits per heavy atom. The molecule has 1 atom stereocenters. The predicted molar refractivity (Wildman–Crippen MR) is 113 cm³/mol. The van der Waals surface area contributed by atoms with Gasteiger partial charge < -0.3 is 14.8 Å². The number of nitrogens with zero attached hydrogens (tertiary/aromatic N) is 1. The van der Waals surface area contributed by atoms with Crippen LogP contribution in [0, 0.1) is 0 Å². The van der Waals surface area contributed by atoms with Gasteiger partial charge in [-0.05, 0) is 49.2 Å². The van der Waals surface area contributed by atoms with Crippen LogP contribution in [0.2, 0.25) is 0 Å². The third-order valence-electron chi connectivity index (χ3n) is 4.92. The van der Waals surface area contributed by atoms with Crippen molar-refractivity contribution in [2.24, 2.45) is 5.14 Å². The number of sulfonamides is 2. The number of amides is 1. The molecule has 2 aromatic rings. The molecule has 1 unspecified atom stereocenters. The van der Waals surface area contributed by atoms with E-state index in [2.05, 4.69) is 5.32 Å². The number of ether oxygens (including phenoxy) is 2. The molecule has 0 saturated carbocycles. The molecule has 0 aromatic heterocycles. The van der Waals surface area contributed by atoms with E-state index in [9.17, 15) is 21.6 Å². The van der Waals surface area contributed by atoms with Crippen molar-refractivity contribution in [2.45, 2.75) is 28.7 Å². The minimum atomic E-state index is -3.97. The number of anilines is 1. The Morgan fingerprint density at radius 2 is 1.61 bits per heavy atom. The Bertz CT molecular complexity index is 1180. The van der Waals surface area contributed by atoms with Gasteiger partial charge in [-0.3, -0.25) is 4.79 Å². The number of nitrogens with two attached hydrogens (primary N) is 1. The zero-order valence-corrected chi connectivity index (χ0v) is 18.6. The van der Waals surface area contributed by atoms with E-state index in [0.717, 1.165) is 4.31 Å². The molecule has 31 heavy (non-hydrogen) atoms. The fourth-order valence-corrected chi connectivity index (χ4v) is 5.54. The van der Waals surface area contributed by atoms with Crippen molar-refractivity contribution >= 4 is 31.6 Å². The second-order valence-corrected chi connectivity index (χ2v) is 10.3. The molecule has 1 saturated heterocycles. The van der Waals surface area contributed by atoms with Crippen LogP contribution >= 0.6 is 0 Å². The van der Waals surface area contributed by atoms with Gasteiger partial charge in [0.15, 0.2) is 11.5 Å². The molecule has 1 amide bonds. The summed E-state index contributed by atoms with van der Waals surface area (Å²) in [6.07, 6.45) is 0.878. The highest BCUT2D eigenvalue weighted by molar-refractivity contribution is 7.89. The largest absolute Gasteiger partial charge is 0.493 e. The first-order valence-electron chi connectivity index (χ1n) is 9.25. The zero-order valence-electron chi connectivity index (χ0n) is 16.9. The molecule has 1 aliphatic rings. The summed E-state index contributed by atoms with van der Waals surface area (Å²) in [5.41, 5.74) is 0.327. The van der Waals surface area contributed by atoms with Gasteiger partial charge >= 0.3 is 0 Å². The van der Waals surface area contributed by atoms with Crippen molar-refractivity contribution in [2.75, 3.05) is 26.1 Å². The van der Waals surface area contributed by atoms with Crippen molar-refractivity contribution in [3.05, 3.63) is 42.5 Å². The summed E-state index contributed by atoms with van der Waals surface area (Å²) in [4.78, 5) is 12.7. The number of carbonyl (C=O) groups excluding carboxylic acids is 1. The third-order valence-corrected chi connectivity index (χ3v) is 7.75. The van der Waals surface area contributed by atoms with Crippen LogP contribution in [0.15, 0.2) is 52.3 Å². The first-order valence-corrected chi connectivity index (χ1v) is 12.2. The van der Waals surface area contributed by atoms with Crippen molar-refractivity contribution in [1.82, 2.24) is 4.31 Å². The van der Waals surface area contributed by atoms with E-state index in [1.54, 1.807) is 0 Å². The molecule has 0 aliphatic carbocycles. The van der Waals surface area contributed by atoms with Crippen LogP contribution in [0.3, 0.4) is 0 Å². The Kier molecular flexibility index (Phi) is 6.55. The molecule has 168 valence electrons.